The number of hydrogen-bond acceptors (Lipinski definition) is 0. The van der Waals surface area contributed by atoms with Gasteiger partial charge in [0.05, 0.1) is 0 Å². The van der Waals surface area contributed by atoms with Crippen LogP contribution in [-0.4, -0.2) is 0 Å². The van der Waals surface area contributed by atoms with Crippen LogP contribution in [0.25, 0.3) is 0 Å². The third kappa shape index (κ3) is 11.2. The van der Waals surface area contributed by atoms with Crippen LogP contribution >= 0.6 is 39.5 Å². The zero-order valence-electron chi connectivity index (χ0n) is 5.73. The largest absolute Gasteiger partial charge is 0.199 e. The van der Waals surface area contributed by atoms with Gasteiger partial charge >= 0.3 is 51.1 Å². The van der Waals surface area contributed by atoms with Gasteiger partial charge in [-0.25, -0.2) is 0 Å². The van der Waals surface area contributed by atoms with E-state index >= 15 is 0 Å². The molecule has 0 aromatic heterocycles. The van der Waals surface area contributed by atoms with Crippen molar-refractivity contribution in [2.45, 2.75) is 0 Å². The van der Waals surface area contributed by atoms with E-state index in [0.29, 0.717) is 0 Å². The second-order valence-corrected chi connectivity index (χ2v) is 25.3. The minimum Gasteiger partial charge on any atom is -0.199 e. The Labute approximate surface area is 92.8 Å². The quantitative estimate of drug-likeness (QED) is 0.463. The molecule has 0 aliphatic carbocycles. The normalized spacial score (nSPS) is 7.91. The van der Waals surface area contributed by atoms with Crippen LogP contribution in [0.4, 0.5) is 0 Å². The molecule has 0 aliphatic heterocycles. The molecule has 1 aromatic rings. The Morgan fingerprint density at radius 1 is 1.00 bits per heavy atom. The molecule has 0 bridgehead atoms. The molecule has 0 unspecified atom stereocenters. The van der Waals surface area contributed by atoms with Gasteiger partial charge in [0.15, 0.2) is 0 Å². The second-order valence-electron chi connectivity index (χ2n) is 1.70. The fraction of sp³-hybridized carbons (Fsp3) is 0. The third-order valence-corrected chi connectivity index (χ3v) is 0.843. The molecule has 0 N–H and O–H groups in total. The monoisotopic (exact) mass is 376 g/mol. The SMILES string of the molecule is [Br][Ti+]([Br])[Br].[CH2-]c1ccccc1. The van der Waals surface area contributed by atoms with Crippen molar-refractivity contribution in [3.63, 3.8) is 0 Å². The van der Waals surface area contributed by atoms with Crippen LogP contribution < -0.4 is 0 Å². The summed E-state index contributed by atoms with van der Waals surface area (Å²) in [7, 11) is 0. The van der Waals surface area contributed by atoms with E-state index in [9.17, 15) is 0 Å². The summed E-state index contributed by atoms with van der Waals surface area (Å²) >= 11 is 8.92. The Morgan fingerprint density at radius 2 is 1.36 bits per heavy atom. The Morgan fingerprint density at radius 3 is 1.55 bits per heavy atom. The first kappa shape index (κ1) is 12.2. The topological polar surface area (TPSA) is 0 Å². The molecule has 0 fully saturated rings. The summed E-state index contributed by atoms with van der Waals surface area (Å²) in [6, 6.07) is 9.87. The van der Waals surface area contributed by atoms with Gasteiger partial charge in [0, 0.05) is 0 Å². The zero-order chi connectivity index (χ0) is 8.69. The van der Waals surface area contributed by atoms with Crippen LogP contribution in [0.5, 0.6) is 0 Å². The predicted octanol–water partition coefficient (Wildman–Crippen LogP) is 4.40. The maximum Gasteiger partial charge on any atom is -0.0866 e. The first-order valence-corrected chi connectivity index (χ1v) is 14.4. The summed E-state index contributed by atoms with van der Waals surface area (Å²) in [5.74, 6) is 0. The van der Waals surface area contributed by atoms with E-state index in [4.69, 9.17) is 0 Å². The van der Waals surface area contributed by atoms with E-state index in [-0.39, 0.29) is 0 Å². The van der Waals surface area contributed by atoms with E-state index in [0.717, 1.165) is 5.56 Å². The fourth-order valence-electron chi connectivity index (χ4n) is 0.478. The summed E-state index contributed by atoms with van der Waals surface area (Å²) in [5, 5.41) is 0. The number of benzene rings is 1. The van der Waals surface area contributed by atoms with Crippen LogP contribution in [-0.2, 0) is 11.6 Å². The van der Waals surface area contributed by atoms with Gasteiger partial charge in [-0.2, -0.15) is 24.6 Å². The molecule has 0 spiro atoms. The minimum absolute atomic E-state index is 0.896. The number of hydrogen-bond donors (Lipinski definition) is 0. The number of rotatable bonds is 0. The maximum absolute atomic E-state index is 3.72. The van der Waals surface area contributed by atoms with Gasteiger partial charge in [0.25, 0.3) is 0 Å². The third-order valence-electron chi connectivity index (χ3n) is 0.843. The molecule has 0 nitrogen and oxygen atoms in total. The van der Waals surface area contributed by atoms with Crippen molar-refractivity contribution in [1.82, 2.24) is 0 Å². The summed E-state index contributed by atoms with van der Waals surface area (Å²) in [4.78, 5) is 0. The molecule has 1 aromatic carbocycles. The molecule has 0 saturated carbocycles. The molecule has 60 valence electrons. The zero-order valence-corrected chi connectivity index (χ0v) is 12.0. The summed E-state index contributed by atoms with van der Waals surface area (Å²) in [6.07, 6.45) is 0. The van der Waals surface area contributed by atoms with Crippen LogP contribution in [0.3, 0.4) is 0 Å². The van der Waals surface area contributed by atoms with E-state index in [1.54, 1.807) is 0 Å². The van der Waals surface area contributed by atoms with Crippen LogP contribution in [0.15, 0.2) is 30.3 Å². The average Bonchev–Trinajstić information content (AvgIpc) is 1.87. The van der Waals surface area contributed by atoms with E-state index in [1.807, 2.05) is 30.3 Å². The molecule has 11 heavy (non-hydrogen) atoms. The first-order valence-electron chi connectivity index (χ1n) is 2.83. The smallest absolute Gasteiger partial charge is 0.0866 e. The summed E-state index contributed by atoms with van der Waals surface area (Å²) in [5.41, 5.74) is 1.07. The van der Waals surface area contributed by atoms with E-state index < -0.39 is 11.6 Å². The molecule has 0 amide bonds. The van der Waals surface area contributed by atoms with Crippen molar-refractivity contribution >= 4 is 39.5 Å². The van der Waals surface area contributed by atoms with Gasteiger partial charge in [0.1, 0.15) is 0 Å². The standard InChI is InChI=1S/C7H7.3BrH.Ti/c1-7-5-3-2-4-6-7;;;;/h2-6H,1H2;3*1H;/q-1;;;;+4/p-3. The van der Waals surface area contributed by atoms with Gasteiger partial charge in [0.2, 0.25) is 0 Å². The Hall–Kier alpha value is 1.24. The van der Waals surface area contributed by atoms with Crippen molar-refractivity contribution in [3.8, 4) is 0 Å². The summed E-state index contributed by atoms with van der Waals surface area (Å²) < 4.78 is 0. The maximum atomic E-state index is 3.72. The number of halogens is 3. The Kier molecular flexibility index (Phi) is 8.76. The van der Waals surface area contributed by atoms with Gasteiger partial charge in [-0.15, -0.1) is 12.1 Å². The van der Waals surface area contributed by atoms with Crippen molar-refractivity contribution in [1.29, 1.82) is 0 Å². The molecule has 0 saturated heterocycles. The molecule has 0 atom stereocenters. The van der Waals surface area contributed by atoms with Gasteiger partial charge < -0.3 is 0 Å². The van der Waals surface area contributed by atoms with Crippen LogP contribution in [0.1, 0.15) is 5.56 Å². The van der Waals surface area contributed by atoms with Crippen molar-refractivity contribution in [2.75, 3.05) is 0 Å². The van der Waals surface area contributed by atoms with Gasteiger partial charge in [-0.1, -0.05) is 6.07 Å². The van der Waals surface area contributed by atoms with Crippen LogP contribution in [0.2, 0.25) is 0 Å². The van der Waals surface area contributed by atoms with E-state index in [2.05, 4.69) is 46.4 Å². The molecule has 0 radical (unpaired) electrons. The van der Waals surface area contributed by atoms with Crippen LogP contribution in [0, 0.1) is 6.92 Å². The first-order chi connectivity index (χ1) is 5.13. The van der Waals surface area contributed by atoms with Gasteiger partial charge in [-0.3, -0.25) is 0 Å². The van der Waals surface area contributed by atoms with Gasteiger partial charge in [-0.05, 0) is 0 Å². The molecular weight excluding hydrogens is 372 g/mol. The Bertz CT molecular complexity index is 174. The molecule has 1 rings (SSSR count). The predicted molar refractivity (Wildman–Crippen MR) is 57.7 cm³/mol. The molecule has 0 heterocycles. The molecular formula is C7H7Br3Ti. The minimum atomic E-state index is -0.896. The Balaban J connectivity index is 0.000000218. The average molecular weight is 379 g/mol. The molecule has 4 heteroatoms. The van der Waals surface area contributed by atoms with E-state index in [1.165, 1.54) is 0 Å². The second kappa shape index (κ2) is 7.87. The van der Waals surface area contributed by atoms with Crippen molar-refractivity contribution < 1.29 is 11.6 Å². The molecule has 0 aliphatic rings. The fourth-order valence-corrected chi connectivity index (χ4v) is 0.478. The summed E-state index contributed by atoms with van der Waals surface area (Å²) in [6.45, 7) is 3.72. The van der Waals surface area contributed by atoms with Crippen molar-refractivity contribution in [3.05, 3.63) is 42.8 Å². The van der Waals surface area contributed by atoms with Crippen molar-refractivity contribution in [2.24, 2.45) is 0 Å².